The molecular weight excluding hydrogens is 520 g/mol. The summed E-state index contributed by atoms with van der Waals surface area (Å²) in [6, 6.07) is 5.33. The maximum absolute atomic E-state index is 14.4. The van der Waals surface area contributed by atoms with Crippen molar-refractivity contribution in [2.24, 2.45) is 28.6 Å². The largest absolute Gasteiger partial charge is 0.507 e. The fourth-order valence-corrected chi connectivity index (χ4v) is 8.36. The molecule has 4 fully saturated rings. The quantitative estimate of drug-likeness (QED) is 0.286. The van der Waals surface area contributed by atoms with Gasteiger partial charge in [-0.2, -0.15) is 0 Å². The lowest BCUT2D eigenvalue weighted by atomic mass is 9.33. The molecule has 7 atom stereocenters. The van der Waals surface area contributed by atoms with E-state index in [0.29, 0.717) is 11.1 Å². The van der Waals surface area contributed by atoms with E-state index in [1.165, 1.54) is 31.2 Å². The van der Waals surface area contributed by atoms with E-state index in [1.54, 1.807) is 13.8 Å². The SMILES string of the molecule is Cc1cc(O)c2c(c1)C(=O)C1(C)C(=C2O)C(=O)[C@H]2[C@H](O)[C@H]3[C@@H](O)[C@@H]1C(=O)C1=C(O)c4c(O)cc(C)cc4C(=O)C132. The molecule has 204 valence electrons. The number of carbonyl (C=O) groups excluding carboxylic acids is 4. The number of ketones is 4. The third-order valence-electron chi connectivity index (χ3n) is 9.86. The van der Waals surface area contributed by atoms with Crippen molar-refractivity contribution in [3.8, 4) is 11.5 Å². The van der Waals surface area contributed by atoms with Crippen molar-refractivity contribution in [3.63, 3.8) is 0 Å². The van der Waals surface area contributed by atoms with Crippen LogP contribution in [0.25, 0.3) is 11.5 Å². The van der Waals surface area contributed by atoms with E-state index in [9.17, 15) is 49.8 Å². The van der Waals surface area contributed by atoms with E-state index in [4.69, 9.17) is 0 Å². The maximum atomic E-state index is 14.4. The maximum Gasteiger partial charge on any atom is 0.175 e. The lowest BCUT2D eigenvalue weighted by Crippen LogP contribution is -2.79. The third kappa shape index (κ3) is 2.28. The van der Waals surface area contributed by atoms with Crippen LogP contribution in [0.4, 0.5) is 0 Å². The summed E-state index contributed by atoms with van der Waals surface area (Å²) in [7, 11) is 0. The molecule has 2 aromatic carbocycles. The predicted molar refractivity (Wildman–Crippen MR) is 136 cm³/mol. The van der Waals surface area contributed by atoms with E-state index in [1.807, 2.05) is 0 Å². The number of hydrogen-bond acceptors (Lipinski definition) is 10. The molecule has 4 bridgehead atoms. The Bertz CT molecular complexity index is 1720. The van der Waals surface area contributed by atoms with Crippen LogP contribution < -0.4 is 0 Å². The highest BCUT2D eigenvalue weighted by Gasteiger charge is 2.82. The van der Waals surface area contributed by atoms with Gasteiger partial charge in [-0.05, 0) is 56.2 Å². The zero-order valence-electron chi connectivity index (χ0n) is 21.5. The molecule has 0 amide bonds. The van der Waals surface area contributed by atoms with Gasteiger partial charge in [-0.15, -0.1) is 0 Å². The fraction of sp³-hybridized carbons (Fsp3) is 0.333. The molecule has 6 N–H and O–H groups in total. The van der Waals surface area contributed by atoms with Gasteiger partial charge in [-0.3, -0.25) is 19.2 Å². The highest BCUT2D eigenvalue weighted by Crippen LogP contribution is 2.72. The van der Waals surface area contributed by atoms with Gasteiger partial charge in [-0.1, -0.05) is 0 Å². The van der Waals surface area contributed by atoms with Crippen molar-refractivity contribution in [2.75, 3.05) is 0 Å². The number of phenolic OH excluding ortho intramolecular Hbond substituents is 2. The van der Waals surface area contributed by atoms with Gasteiger partial charge in [0.15, 0.2) is 23.1 Å². The molecule has 6 aliphatic carbocycles. The molecule has 10 nitrogen and oxygen atoms in total. The van der Waals surface area contributed by atoms with Crippen LogP contribution in [-0.2, 0) is 9.59 Å². The summed E-state index contributed by atoms with van der Waals surface area (Å²) in [5.41, 5.74) is -5.61. The normalized spacial score (nSPS) is 35.5. The van der Waals surface area contributed by atoms with Gasteiger partial charge in [0.25, 0.3) is 0 Å². The molecule has 1 spiro atoms. The summed E-state index contributed by atoms with van der Waals surface area (Å²) in [6.07, 6.45) is -3.50. The molecule has 4 saturated carbocycles. The van der Waals surface area contributed by atoms with Crippen LogP contribution in [-0.4, -0.2) is 66.0 Å². The molecule has 0 saturated heterocycles. The lowest BCUT2D eigenvalue weighted by Gasteiger charge is -2.67. The van der Waals surface area contributed by atoms with Gasteiger partial charge in [0.1, 0.15) is 23.0 Å². The molecular formula is C30H24O10. The topological polar surface area (TPSA) is 190 Å². The van der Waals surface area contributed by atoms with Crippen LogP contribution in [0.1, 0.15) is 49.9 Å². The van der Waals surface area contributed by atoms with Crippen LogP contribution >= 0.6 is 0 Å². The van der Waals surface area contributed by atoms with Gasteiger partial charge < -0.3 is 30.6 Å². The van der Waals surface area contributed by atoms with Crippen molar-refractivity contribution >= 4 is 34.7 Å². The number of phenols is 2. The van der Waals surface area contributed by atoms with Crippen LogP contribution in [0.5, 0.6) is 11.5 Å². The van der Waals surface area contributed by atoms with E-state index in [0.717, 1.165) is 0 Å². The first-order valence-electron chi connectivity index (χ1n) is 12.8. The number of aliphatic hydroxyl groups is 4. The summed E-state index contributed by atoms with van der Waals surface area (Å²) in [5, 5.41) is 67.2. The van der Waals surface area contributed by atoms with Crippen molar-refractivity contribution in [1.82, 2.24) is 0 Å². The second-order valence-electron chi connectivity index (χ2n) is 11.8. The van der Waals surface area contributed by atoms with Crippen LogP contribution in [0.3, 0.4) is 0 Å². The molecule has 0 heterocycles. The molecule has 2 aromatic rings. The average Bonchev–Trinajstić information content (AvgIpc) is 2.83. The number of aliphatic hydroxyl groups excluding tert-OH is 4. The number of Topliss-reactive ketones (excluding diaryl/α,β-unsaturated/α-hetero) is 4. The first-order chi connectivity index (χ1) is 18.7. The Morgan fingerprint density at radius 1 is 0.650 bits per heavy atom. The van der Waals surface area contributed by atoms with E-state index < -0.39 is 98.1 Å². The lowest BCUT2D eigenvalue weighted by molar-refractivity contribution is -0.210. The van der Waals surface area contributed by atoms with Crippen LogP contribution in [0, 0.1) is 42.4 Å². The third-order valence-corrected chi connectivity index (χ3v) is 9.86. The minimum Gasteiger partial charge on any atom is -0.507 e. The number of aryl methyl sites for hydroxylation is 2. The Balaban J connectivity index is 1.63. The average molecular weight is 545 g/mol. The molecule has 40 heavy (non-hydrogen) atoms. The Hall–Kier alpha value is -4.28. The second-order valence-corrected chi connectivity index (χ2v) is 11.8. The molecule has 0 radical (unpaired) electrons. The van der Waals surface area contributed by atoms with Gasteiger partial charge in [0, 0.05) is 17.0 Å². The van der Waals surface area contributed by atoms with E-state index in [-0.39, 0.29) is 22.3 Å². The molecule has 10 heteroatoms. The second kappa shape index (κ2) is 7.07. The summed E-state index contributed by atoms with van der Waals surface area (Å²) >= 11 is 0. The highest BCUT2D eigenvalue weighted by atomic mass is 16.3. The Labute approximate surface area is 226 Å². The zero-order valence-corrected chi connectivity index (χ0v) is 21.5. The van der Waals surface area contributed by atoms with Gasteiger partial charge >= 0.3 is 0 Å². The molecule has 2 unspecified atom stereocenters. The summed E-state index contributed by atoms with van der Waals surface area (Å²) < 4.78 is 0. The number of aromatic hydroxyl groups is 2. The number of allylic oxidation sites excluding steroid dienone is 2. The number of benzene rings is 2. The summed E-state index contributed by atoms with van der Waals surface area (Å²) in [5.74, 6) is -11.2. The highest BCUT2D eigenvalue weighted by molar-refractivity contribution is 6.29. The molecule has 0 aliphatic heterocycles. The van der Waals surface area contributed by atoms with E-state index >= 15 is 0 Å². The Morgan fingerprint density at radius 2 is 1.10 bits per heavy atom. The van der Waals surface area contributed by atoms with Crippen molar-refractivity contribution in [3.05, 3.63) is 68.8 Å². The smallest absolute Gasteiger partial charge is 0.175 e. The van der Waals surface area contributed by atoms with Gasteiger partial charge in [0.2, 0.25) is 0 Å². The molecule has 0 aromatic heterocycles. The van der Waals surface area contributed by atoms with Crippen molar-refractivity contribution in [1.29, 1.82) is 0 Å². The first kappa shape index (κ1) is 24.7. The van der Waals surface area contributed by atoms with Crippen LogP contribution in [0.2, 0.25) is 0 Å². The minimum absolute atomic E-state index is 0.169. The van der Waals surface area contributed by atoms with Gasteiger partial charge in [0.05, 0.1) is 57.1 Å². The summed E-state index contributed by atoms with van der Waals surface area (Å²) in [4.78, 5) is 57.2. The first-order valence-corrected chi connectivity index (χ1v) is 12.8. The fourth-order valence-electron chi connectivity index (χ4n) is 8.36. The standard InChI is InChI=1S/C30H24O10/c1-8-4-10-14(12(31)6-8)21(33)16-23(35)19-26(38)20-25(37)17(29(16,3)27(10)39)24(36)18-22(34)15-11(28(40)30(18,19)20)5-9(2)7-13(15)32/h4-7,17,19-20,25-26,31-34,37-38H,1-3H3/t17-,19-,20+,25-,26-,29?,30?/m0/s1. The predicted octanol–water partition coefficient (Wildman–Crippen LogP) is 2.09. The number of hydrogen-bond donors (Lipinski definition) is 6. The van der Waals surface area contributed by atoms with Crippen molar-refractivity contribution < 1.29 is 49.8 Å². The van der Waals surface area contributed by atoms with Crippen molar-refractivity contribution in [2.45, 2.75) is 33.0 Å². The minimum atomic E-state index is -2.20. The summed E-state index contributed by atoms with van der Waals surface area (Å²) in [6.45, 7) is 4.41. The number of carbonyl (C=O) groups is 4. The monoisotopic (exact) mass is 544 g/mol. The zero-order chi connectivity index (χ0) is 29.0. The Morgan fingerprint density at radius 3 is 1.65 bits per heavy atom. The van der Waals surface area contributed by atoms with Crippen LogP contribution in [0.15, 0.2) is 35.4 Å². The Kier molecular flexibility index (Phi) is 4.37. The van der Waals surface area contributed by atoms with Gasteiger partial charge in [-0.25, -0.2) is 0 Å². The number of fused-ring (bicyclic) bond motifs is 2. The van der Waals surface area contributed by atoms with E-state index in [2.05, 4.69) is 0 Å². The number of rotatable bonds is 0. The molecule has 8 rings (SSSR count). The molecule has 6 aliphatic rings.